The summed E-state index contributed by atoms with van der Waals surface area (Å²) in [6.07, 6.45) is 1.11. The summed E-state index contributed by atoms with van der Waals surface area (Å²) >= 11 is 1.72. The van der Waals surface area contributed by atoms with Crippen LogP contribution in [0, 0.1) is 33.6 Å². The summed E-state index contributed by atoms with van der Waals surface area (Å²) < 4.78 is 27.9. The molecule has 1 fully saturated rings. The van der Waals surface area contributed by atoms with Gasteiger partial charge < -0.3 is 5.32 Å². The molecule has 1 aliphatic rings. The van der Waals surface area contributed by atoms with Gasteiger partial charge in [-0.2, -0.15) is 4.31 Å². The Bertz CT molecular complexity index is 1000. The maximum absolute atomic E-state index is 13.2. The largest absolute Gasteiger partial charge is 0.355 e. The van der Waals surface area contributed by atoms with E-state index in [9.17, 15) is 13.2 Å². The molecule has 0 spiro atoms. The highest BCUT2D eigenvalue weighted by atomic mass is 32.2. The predicted octanol–water partition coefficient (Wildman–Crippen LogP) is 4.23. The van der Waals surface area contributed by atoms with Gasteiger partial charge in [-0.05, 0) is 63.8 Å². The molecule has 5 nitrogen and oxygen atoms in total. The maximum atomic E-state index is 13.2. The van der Waals surface area contributed by atoms with Crippen LogP contribution in [0.4, 0.5) is 0 Å². The molecular weight excluding hydrogens is 428 g/mol. The monoisotopic (exact) mass is 460 g/mol. The number of nitrogens with one attached hydrogen (secondary N) is 1. The number of carbonyl (C=O) groups is 1. The molecule has 168 valence electrons. The highest BCUT2D eigenvalue weighted by Crippen LogP contribution is 2.29. The predicted molar refractivity (Wildman–Crippen MR) is 127 cm³/mol. The maximum Gasteiger partial charge on any atom is 0.243 e. The Kier molecular flexibility index (Phi) is 7.83. The van der Waals surface area contributed by atoms with Crippen LogP contribution in [0.1, 0.15) is 35.1 Å². The molecule has 0 aromatic heterocycles. The average molecular weight is 461 g/mol. The molecule has 1 amide bonds. The highest BCUT2D eigenvalue weighted by Gasteiger charge is 2.33. The molecule has 1 aliphatic heterocycles. The number of carbonyl (C=O) groups excluding carboxylic acids is 1. The molecule has 7 heteroatoms. The third kappa shape index (κ3) is 5.90. The first kappa shape index (κ1) is 23.8. The summed E-state index contributed by atoms with van der Waals surface area (Å²) in [5.41, 5.74) is 3.86. The van der Waals surface area contributed by atoms with Crippen LogP contribution in [-0.2, 0) is 14.8 Å². The molecule has 2 aromatic carbocycles. The van der Waals surface area contributed by atoms with Crippen LogP contribution in [-0.4, -0.2) is 44.0 Å². The minimum atomic E-state index is -3.55. The molecule has 1 N–H and O–H groups in total. The Morgan fingerprint density at radius 3 is 2.16 bits per heavy atom. The van der Waals surface area contributed by atoms with Crippen molar-refractivity contribution in [3.05, 3.63) is 58.7 Å². The van der Waals surface area contributed by atoms with E-state index in [1.807, 2.05) is 32.9 Å². The van der Waals surface area contributed by atoms with E-state index in [2.05, 4.69) is 36.5 Å². The summed E-state index contributed by atoms with van der Waals surface area (Å²) in [5, 5.41) is 3.02. The number of sulfonamides is 1. The first-order chi connectivity index (χ1) is 14.7. The fraction of sp³-hybridized carbons (Fsp3) is 0.458. The summed E-state index contributed by atoms with van der Waals surface area (Å²) in [4.78, 5) is 14.1. The van der Waals surface area contributed by atoms with Crippen LogP contribution in [0.5, 0.6) is 0 Å². The third-order valence-corrected chi connectivity index (χ3v) is 8.94. The highest BCUT2D eigenvalue weighted by molar-refractivity contribution is 7.99. The molecule has 0 unspecified atom stereocenters. The Morgan fingerprint density at radius 2 is 1.58 bits per heavy atom. The first-order valence-electron chi connectivity index (χ1n) is 10.7. The molecule has 1 saturated heterocycles. The van der Waals surface area contributed by atoms with E-state index < -0.39 is 10.0 Å². The van der Waals surface area contributed by atoms with Gasteiger partial charge in [0, 0.05) is 36.2 Å². The summed E-state index contributed by atoms with van der Waals surface area (Å²) in [6, 6.07) is 12.2. The Morgan fingerprint density at radius 1 is 1.00 bits per heavy atom. The zero-order chi connectivity index (χ0) is 22.6. The van der Waals surface area contributed by atoms with Gasteiger partial charge in [0.1, 0.15) is 0 Å². The molecule has 0 saturated carbocycles. The fourth-order valence-corrected chi connectivity index (χ4v) is 6.83. The van der Waals surface area contributed by atoms with E-state index in [0.29, 0.717) is 37.4 Å². The van der Waals surface area contributed by atoms with Gasteiger partial charge in [0.2, 0.25) is 15.9 Å². The minimum absolute atomic E-state index is 0.0317. The summed E-state index contributed by atoms with van der Waals surface area (Å²) in [6.45, 7) is 9.10. The van der Waals surface area contributed by atoms with E-state index >= 15 is 0 Å². The van der Waals surface area contributed by atoms with Crippen LogP contribution in [0.25, 0.3) is 0 Å². The van der Waals surface area contributed by atoms with Crippen LogP contribution in [0.3, 0.4) is 0 Å². The Hall–Kier alpha value is -1.83. The van der Waals surface area contributed by atoms with E-state index in [1.54, 1.807) is 11.8 Å². The zero-order valence-electron chi connectivity index (χ0n) is 18.8. The lowest BCUT2D eigenvalue weighted by Crippen LogP contribution is -2.43. The van der Waals surface area contributed by atoms with E-state index in [4.69, 9.17) is 0 Å². The molecule has 0 atom stereocenters. The Labute approximate surface area is 190 Å². The second kappa shape index (κ2) is 10.2. The van der Waals surface area contributed by atoms with Gasteiger partial charge in [-0.1, -0.05) is 35.4 Å². The van der Waals surface area contributed by atoms with Gasteiger partial charge in [0.25, 0.3) is 0 Å². The van der Waals surface area contributed by atoms with Crippen molar-refractivity contribution < 1.29 is 13.2 Å². The SMILES string of the molecule is Cc1ccc(SCCNC(=O)C2CCN(S(=O)(=O)c3c(C)cc(C)cc3C)CC2)cc1. The second-order valence-corrected chi connectivity index (χ2v) is 11.4. The lowest BCUT2D eigenvalue weighted by Gasteiger charge is -2.31. The number of rotatable bonds is 7. The smallest absolute Gasteiger partial charge is 0.243 e. The van der Waals surface area contributed by atoms with E-state index in [1.165, 1.54) is 14.8 Å². The minimum Gasteiger partial charge on any atom is -0.355 e. The first-order valence-corrected chi connectivity index (χ1v) is 13.2. The molecule has 1 heterocycles. The zero-order valence-corrected chi connectivity index (χ0v) is 20.4. The standard InChI is InChI=1S/C24H32N2O3S2/c1-17-5-7-22(8-6-17)30-14-11-25-24(27)21-9-12-26(13-10-21)31(28,29)23-19(3)15-18(2)16-20(23)4/h5-8,15-16,21H,9-14H2,1-4H3,(H,25,27). The summed E-state index contributed by atoms with van der Waals surface area (Å²) in [7, 11) is -3.55. The van der Waals surface area contributed by atoms with Gasteiger partial charge in [0.05, 0.1) is 4.90 Å². The summed E-state index contributed by atoms with van der Waals surface area (Å²) in [5.74, 6) is 0.717. The Balaban J connectivity index is 1.49. The average Bonchev–Trinajstić information content (AvgIpc) is 2.71. The van der Waals surface area contributed by atoms with Crippen LogP contribution in [0.2, 0.25) is 0 Å². The second-order valence-electron chi connectivity index (χ2n) is 8.36. The number of nitrogens with zero attached hydrogens (tertiary/aromatic N) is 1. The van der Waals surface area contributed by atoms with Crippen molar-refractivity contribution in [3.63, 3.8) is 0 Å². The quantitative estimate of drug-likeness (QED) is 0.496. The van der Waals surface area contributed by atoms with Gasteiger partial charge in [-0.15, -0.1) is 11.8 Å². The third-order valence-electron chi connectivity index (χ3n) is 5.72. The number of benzene rings is 2. The fourth-order valence-electron chi connectivity index (χ4n) is 4.18. The number of hydrogen-bond acceptors (Lipinski definition) is 4. The van der Waals surface area contributed by atoms with Crippen molar-refractivity contribution in [2.45, 2.75) is 50.3 Å². The van der Waals surface area contributed by atoms with Gasteiger partial charge in [-0.25, -0.2) is 8.42 Å². The molecule has 3 rings (SSSR count). The lowest BCUT2D eigenvalue weighted by molar-refractivity contribution is -0.125. The van der Waals surface area contributed by atoms with Crippen LogP contribution >= 0.6 is 11.8 Å². The molecular formula is C24H32N2O3S2. The van der Waals surface area contributed by atoms with E-state index in [0.717, 1.165) is 22.4 Å². The van der Waals surface area contributed by atoms with E-state index in [-0.39, 0.29) is 11.8 Å². The van der Waals surface area contributed by atoms with Crippen LogP contribution < -0.4 is 5.32 Å². The molecule has 0 aliphatic carbocycles. The number of amides is 1. The van der Waals surface area contributed by atoms with Crippen molar-refractivity contribution in [1.82, 2.24) is 9.62 Å². The lowest BCUT2D eigenvalue weighted by atomic mass is 9.97. The molecule has 2 aromatic rings. The molecule has 31 heavy (non-hydrogen) atoms. The molecule has 0 radical (unpaired) electrons. The van der Waals surface area contributed by atoms with Gasteiger partial charge >= 0.3 is 0 Å². The number of thioether (sulfide) groups is 1. The van der Waals surface area contributed by atoms with Crippen molar-refractivity contribution in [2.24, 2.45) is 5.92 Å². The number of hydrogen-bond donors (Lipinski definition) is 1. The van der Waals surface area contributed by atoms with Crippen molar-refractivity contribution in [2.75, 3.05) is 25.4 Å². The van der Waals surface area contributed by atoms with Crippen molar-refractivity contribution in [1.29, 1.82) is 0 Å². The van der Waals surface area contributed by atoms with Gasteiger partial charge in [-0.3, -0.25) is 4.79 Å². The van der Waals surface area contributed by atoms with Crippen molar-refractivity contribution >= 4 is 27.7 Å². The van der Waals surface area contributed by atoms with Gasteiger partial charge in [0.15, 0.2) is 0 Å². The topological polar surface area (TPSA) is 66.5 Å². The number of aryl methyl sites for hydroxylation is 4. The van der Waals surface area contributed by atoms with Crippen LogP contribution in [0.15, 0.2) is 46.2 Å². The normalized spacial score (nSPS) is 15.7. The van der Waals surface area contributed by atoms with Crippen molar-refractivity contribution in [3.8, 4) is 0 Å². The molecule has 0 bridgehead atoms. The number of piperidine rings is 1.